The minimum absolute atomic E-state index is 0.0712. The Morgan fingerprint density at radius 2 is 2.06 bits per heavy atom. The summed E-state index contributed by atoms with van der Waals surface area (Å²) in [6.07, 6.45) is 1.87. The molecule has 5 heteroatoms. The Bertz CT molecular complexity index is 293. The molecule has 0 spiro atoms. The van der Waals surface area contributed by atoms with Crippen molar-refractivity contribution in [1.29, 1.82) is 0 Å². The van der Waals surface area contributed by atoms with Gasteiger partial charge in [0.2, 0.25) is 0 Å². The lowest BCUT2D eigenvalue weighted by atomic mass is 9.99. The van der Waals surface area contributed by atoms with Gasteiger partial charge >= 0.3 is 12.0 Å². The van der Waals surface area contributed by atoms with Gasteiger partial charge in [-0.3, -0.25) is 0 Å². The zero-order chi connectivity index (χ0) is 13.0. The number of carbonyl (C=O) groups excluding carboxylic acids is 1. The van der Waals surface area contributed by atoms with E-state index in [4.69, 9.17) is 5.11 Å². The van der Waals surface area contributed by atoms with Crippen LogP contribution in [0.5, 0.6) is 0 Å². The van der Waals surface area contributed by atoms with Crippen LogP contribution in [0.4, 0.5) is 4.79 Å². The Balaban J connectivity index is 2.33. The summed E-state index contributed by atoms with van der Waals surface area (Å²) >= 11 is 0. The molecule has 2 unspecified atom stereocenters. The van der Waals surface area contributed by atoms with E-state index in [1.807, 2.05) is 13.8 Å². The molecule has 1 rings (SSSR count). The van der Waals surface area contributed by atoms with Crippen molar-refractivity contribution in [2.75, 3.05) is 6.54 Å². The maximum atomic E-state index is 11.5. The lowest BCUT2D eigenvalue weighted by Crippen LogP contribution is -2.49. The van der Waals surface area contributed by atoms with E-state index in [1.54, 1.807) is 0 Å². The number of hydrogen-bond acceptors (Lipinski definition) is 2. The minimum Gasteiger partial charge on any atom is -0.480 e. The van der Waals surface area contributed by atoms with E-state index in [9.17, 15) is 9.59 Å². The average Bonchev–Trinajstić information content (AvgIpc) is 2.98. The van der Waals surface area contributed by atoms with Crippen LogP contribution in [0.25, 0.3) is 0 Å². The Morgan fingerprint density at radius 3 is 2.47 bits per heavy atom. The van der Waals surface area contributed by atoms with Crippen molar-refractivity contribution in [2.45, 2.75) is 39.7 Å². The molecule has 4 atom stereocenters. The molecule has 1 fully saturated rings. The average molecular weight is 242 g/mol. The van der Waals surface area contributed by atoms with Crippen LogP contribution in [0.3, 0.4) is 0 Å². The largest absolute Gasteiger partial charge is 0.480 e. The molecular formula is C12H22N2O3. The van der Waals surface area contributed by atoms with Gasteiger partial charge in [0.05, 0.1) is 0 Å². The Kier molecular flexibility index (Phi) is 4.78. The lowest BCUT2D eigenvalue weighted by Gasteiger charge is -2.20. The third kappa shape index (κ3) is 4.24. The normalized spacial score (nSPS) is 25.8. The van der Waals surface area contributed by atoms with Crippen LogP contribution < -0.4 is 10.6 Å². The van der Waals surface area contributed by atoms with E-state index in [0.29, 0.717) is 18.4 Å². The molecule has 2 amide bonds. The van der Waals surface area contributed by atoms with Crippen molar-refractivity contribution >= 4 is 12.0 Å². The zero-order valence-electron chi connectivity index (χ0n) is 10.7. The van der Waals surface area contributed by atoms with Gasteiger partial charge in [-0.25, -0.2) is 9.59 Å². The third-order valence-corrected chi connectivity index (χ3v) is 3.57. The number of hydrogen-bond donors (Lipinski definition) is 3. The predicted octanol–water partition coefficient (Wildman–Crippen LogP) is 1.44. The first-order chi connectivity index (χ1) is 7.95. The summed E-state index contributed by atoms with van der Waals surface area (Å²) in [6, 6.07) is -1.19. The highest BCUT2D eigenvalue weighted by atomic mass is 16.4. The number of carbonyl (C=O) groups is 2. The second-order valence-electron chi connectivity index (χ2n) is 5.03. The lowest BCUT2D eigenvalue weighted by molar-refractivity contribution is -0.140. The van der Waals surface area contributed by atoms with Crippen LogP contribution in [0.2, 0.25) is 0 Å². The van der Waals surface area contributed by atoms with Gasteiger partial charge in [0, 0.05) is 6.54 Å². The van der Waals surface area contributed by atoms with Crippen LogP contribution in [0.1, 0.15) is 33.6 Å². The number of urea groups is 1. The van der Waals surface area contributed by atoms with Gasteiger partial charge in [-0.15, -0.1) is 0 Å². The van der Waals surface area contributed by atoms with Crippen LogP contribution in [-0.2, 0) is 4.79 Å². The first-order valence-electron chi connectivity index (χ1n) is 6.22. The highest BCUT2D eigenvalue weighted by Gasteiger charge is 2.33. The summed E-state index contributed by atoms with van der Waals surface area (Å²) in [4.78, 5) is 22.5. The molecule has 0 aromatic carbocycles. The fourth-order valence-corrected chi connectivity index (χ4v) is 1.78. The smallest absolute Gasteiger partial charge is 0.326 e. The van der Waals surface area contributed by atoms with Gasteiger partial charge in [0.25, 0.3) is 0 Å². The topological polar surface area (TPSA) is 78.4 Å². The molecule has 5 nitrogen and oxygen atoms in total. The summed E-state index contributed by atoms with van der Waals surface area (Å²) in [5.41, 5.74) is 0. The Labute approximate surface area is 102 Å². The molecule has 0 bridgehead atoms. The molecule has 0 radical (unpaired) electrons. The quantitative estimate of drug-likeness (QED) is 0.659. The zero-order valence-corrected chi connectivity index (χ0v) is 10.7. The number of rotatable bonds is 6. The summed E-state index contributed by atoms with van der Waals surface area (Å²) in [5.74, 6) is 0.195. The highest BCUT2D eigenvalue weighted by molar-refractivity contribution is 5.82. The van der Waals surface area contributed by atoms with Crippen LogP contribution in [0, 0.1) is 17.8 Å². The van der Waals surface area contributed by atoms with E-state index in [-0.39, 0.29) is 11.9 Å². The molecule has 1 aliphatic carbocycles. The fourth-order valence-electron chi connectivity index (χ4n) is 1.78. The summed E-state index contributed by atoms with van der Waals surface area (Å²) < 4.78 is 0. The van der Waals surface area contributed by atoms with Crippen molar-refractivity contribution < 1.29 is 14.7 Å². The number of carboxylic acids is 1. The Morgan fingerprint density at radius 1 is 1.47 bits per heavy atom. The fraction of sp³-hybridized carbons (Fsp3) is 0.833. The predicted molar refractivity (Wildman–Crippen MR) is 64.7 cm³/mol. The molecule has 0 heterocycles. The second kappa shape index (κ2) is 5.89. The monoisotopic (exact) mass is 242 g/mol. The SMILES string of the molecule is CC[C@H](C)[C@H](NC(=O)NCC1CC1C)C(=O)O. The van der Waals surface area contributed by atoms with E-state index in [2.05, 4.69) is 17.6 Å². The van der Waals surface area contributed by atoms with Gasteiger partial charge < -0.3 is 15.7 Å². The summed E-state index contributed by atoms with van der Waals surface area (Å²) in [5, 5.41) is 14.3. The third-order valence-electron chi connectivity index (χ3n) is 3.57. The summed E-state index contributed by atoms with van der Waals surface area (Å²) in [7, 11) is 0. The number of nitrogens with one attached hydrogen (secondary N) is 2. The van der Waals surface area contributed by atoms with Crippen LogP contribution >= 0.6 is 0 Å². The molecule has 0 saturated heterocycles. The molecule has 0 aliphatic heterocycles. The van der Waals surface area contributed by atoms with Gasteiger partial charge in [-0.05, 0) is 24.2 Å². The van der Waals surface area contributed by atoms with Gasteiger partial charge in [-0.2, -0.15) is 0 Å². The molecule has 17 heavy (non-hydrogen) atoms. The summed E-state index contributed by atoms with van der Waals surface area (Å²) in [6.45, 7) is 6.51. The number of carboxylic acid groups (broad SMARTS) is 1. The van der Waals surface area contributed by atoms with Crippen molar-refractivity contribution in [3.8, 4) is 0 Å². The highest BCUT2D eigenvalue weighted by Crippen LogP contribution is 2.36. The first kappa shape index (κ1) is 13.8. The van der Waals surface area contributed by atoms with Crippen molar-refractivity contribution in [1.82, 2.24) is 10.6 Å². The van der Waals surface area contributed by atoms with Crippen molar-refractivity contribution in [3.63, 3.8) is 0 Å². The van der Waals surface area contributed by atoms with E-state index in [0.717, 1.165) is 12.8 Å². The van der Waals surface area contributed by atoms with Gasteiger partial charge in [0.15, 0.2) is 0 Å². The molecule has 0 aromatic rings. The molecular weight excluding hydrogens is 220 g/mol. The molecule has 0 aromatic heterocycles. The van der Waals surface area contributed by atoms with E-state index >= 15 is 0 Å². The minimum atomic E-state index is -0.978. The van der Waals surface area contributed by atoms with Crippen molar-refractivity contribution in [2.24, 2.45) is 17.8 Å². The van der Waals surface area contributed by atoms with Crippen LogP contribution in [-0.4, -0.2) is 29.7 Å². The first-order valence-corrected chi connectivity index (χ1v) is 6.22. The standard InChI is InChI=1S/C12H22N2O3/c1-4-7(2)10(11(15)16)14-12(17)13-6-9-5-8(9)3/h7-10H,4-6H2,1-3H3,(H,15,16)(H2,13,14,17)/t7-,8?,9?,10-/m0/s1. The molecule has 3 N–H and O–H groups in total. The number of aliphatic carboxylic acids is 1. The second-order valence-corrected chi connectivity index (χ2v) is 5.03. The van der Waals surface area contributed by atoms with Gasteiger partial charge in [0.1, 0.15) is 6.04 Å². The molecule has 1 saturated carbocycles. The maximum Gasteiger partial charge on any atom is 0.326 e. The molecule has 1 aliphatic rings. The van der Waals surface area contributed by atoms with E-state index in [1.165, 1.54) is 0 Å². The maximum absolute atomic E-state index is 11.5. The van der Waals surface area contributed by atoms with Crippen LogP contribution in [0.15, 0.2) is 0 Å². The molecule has 98 valence electrons. The van der Waals surface area contributed by atoms with Crippen molar-refractivity contribution in [3.05, 3.63) is 0 Å². The number of amides is 2. The van der Waals surface area contributed by atoms with E-state index < -0.39 is 12.0 Å². The Hall–Kier alpha value is -1.26. The van der Waals surface area contributed by atoms with Gasteiger partial charge in [-0.1, -0.05) is 27.2 Å².